The van der Waals surface area contributed by atoms with Crippen molar-refractivity contribution in [2.24, 2.45) is 0 Å². The van der Waals surface area contributed by atoms with Crippen LogP contribution in [-0.2, 0) is 0 Å². The predicted octanol–water partition coefficient (Wildman–Crippen LogP) is 9.77. The zero-order valence-corrected chi connectivity index (χ0v) is 18.6. The van der Waals surface area contributed by atoms with E-state index in [0.29, 0.717) is 0 Å². The molecule has 0 aliphatic heterocycles. The summed E-state index contributed by atoms with van der Waals surface area (Å²) in [4.78, 5) is 0. The normalized spacial score (nSPS) is 12.2. The van der Waals surface area contributed by atoms with E-state index < -0.39 is 0 Å². The van der Waals surface area contributed by atoms with Gasteiger partial charge in [-0.15, -0.1) is 11.3 Å². The third kappa shape index (κ3) is 2.35. The fraction of sp³-hybridized carbons (Fsp3) is 0. The van der Waals surface area contributed by atoms with E-state index in [1.54, 1.807) is 0 Å². The van der Waals surface area contributed by atoms with Crippen LogP contribution in [0, 0.1) is 0 Å². The number of hydrogen-bond donors (Lipinski definition) is 0. The van der Waals surface area contributed by atoms with Crippen LogP contribution in [0.5, 0.6) is 0 Å². The molecule has 0 N–H and O–H groups in total. The Kier molecular flexibility index (Phi) is 3.37. The summed E-state index contributed by atoms with van der Waals surface area (Å²) in [7, 11) is 0. The minimum Gasteiger partial charge on any atom is -0.135 e. The van der Waals surface area contributed by atoms with Gasteiger partial charge in [-0.3, -0.25) is 0 Å². The van der Waals surface area contributed by atoms with Crippen molar-refractivity contribution in [1.29, 1.82) is 0 Å². The molecule has 33 heavy (non-hydrogen) atoms. The van der Waals surface area contributed by atoms with Crippen LogP contribution in [0.25, 0.3) is 74.4 Å². The molecule has 8 rings (SSSR count). The molecule has 0 aliphatic carbocycles. The molecule has 0 saturated carbocycles. The van der Waals surface area contributed by atoms with Crippen molar-refractivity contribution in [2.75, 3.05) is 0 Å². The Hall–Kier alpha value is -3.94. The first kappa shape index (κ1) is 17.6. The van der Waals surface area contributed by atoms with E-state index in [0.717, 1.165) is 0 Å². The minimum atomic E-state index is 1.30. The van der Waals surface area contributed by atoms with Gasteiger partial charge < -0.3 is 0 Å². The molecule has 1 heterocycles. The van der Waals surface area contributed by atoms with Gasteiger partial charge in [-0.1, -0.05) is 97.1 Å². The summed E-state index contributed by atoms with van der Waals surface area (Å²) in [6.45, 7) is 0. The van der Waals surface area contributed by atoms with E-state index in [1.165, 1.54) is 74.4 Å². The molecule has 8 aromatic rings. The maximum Gasteiger partial charge on any atom is 0.0434 e. The van der Waals surface area contributed by atoms with E-state index in [1.807, 2.05) is 11.3 Å². The number of hydrogen-bond acceptors (Lipinski definition) is 1. The third-order valence-electron chi connectivity index (χ3n) is 7.18. The minimum absolute atomic E-state index is 1.30. The van der Waals surface area contributed by atoms with Crippen LogP contribution in [0.2, 0.25) is 0 Å². The van der Waals surface area contributed by atoms with Crippen molar-refractivity contribution in [2.45, 2.75) is 0 Å². The van der Waals surface area contributed by atoms with Crippen molar-refractivity contribution in [3.8, 4) is 11.1 Å². The molecule has 0 aliphatic rings. The molecule has 0 spiro atoms. The first-order chi connectivity index (χ1) is 16.3. The van der Waals surface area contributed by atoms with Gasteiger partial charge in [-0.25, -0.2) is 0 Å². The Labute approximate surface area is 194 Å². The smallest absolute Gasteiger partial charge is 0.0434 e. The van der Waals surface area contributed by atoms with Crippen LogP contribution in [0.15, 0.2) is 109 Å². The topological polar surface area (TPSA) is 0 Å². The van der Waals surface area contributed by atoms with Gasteiger partial charge in [-0.05, 0) is 60.8 Å². The summed E-state index contributed by atoms with van der Waals surface area (Å²) in [6.07, 6.45) is 0. The monoisotopic (exact) mass is 434 g/mol. The lowest BCUT2D eigenvalue weighted by Gasteiger charge is -2.14. The molecule has 0 amide bonds. The molecule has 152 valence electrons. The van der Waals surface area contributed by atoms with E-state index in [-0.39, 0.29) is 0 Å². The Balaban J connectivity index is 1.50. The van der Waals surface area contributed by atoms with E-state index in [2.05, 4.69) is 109 Å². The Morgan fingerprint density at radius 1 is 0.394 bits per heavy atom. The Bertz CT molecular complexity index is 2010. The SMILES string of the molecule is c1ccc2cc3c(cc2c1)sc1c(-c2ccc4ccc5cccc6ccc2c4c56)cccc13. The fourth-order valence-electron chi connectivity index (χ4n) is 5.67. The summed E-state index contributed by atoms with van der Waals surface area (Å²) in [6, 6.07) is 40.5. The third-order valence-corrected chi connectivity index (χ3v) is 8.39. The zero-order valence-electron chi connectivity index (χ0n) is 17.8. The van der Waals surface area contributed by atoms with Crippen LogP contribution in [0.3, 0.4) is 0 Å². The average molecular weight is 435 g/mol. The highest BCUT2D eigenvalue weighted by Crippen LogP contribution is 2.45. The highest BCUT2D eigenvalue weighted by molar-refractivity contribution is 7.26. The van der Waals surface area contributed by atoms with Crippen molar-refractivity contribution < 1.29 is 0 Å². The lowest BCUT2D eigenvalue weighted by molar-refractivity contribution is 1.74. The zero-order chi connectivity index (χ0) is 21.5. The standard InChI is InChI=1S/C32H18S/c1-2-6-23-18-29-28(17-22(23)5-1)27-10-4-9-26(32(27)33-29)24-15-13-21-12-11-19-7-3-8-20-14-16-25(24)31(21)30(19)20/h1-18H. The second kappa shape index (κ2) is 6.31. The van der Waals surface area contributed by atoms with E-state index >= 15 is 0 Å². The molecule has 1 aromatic heterocycles. The van der Waals surface area contributed by atoms with Crippen molar-refractivity contribution in [1.82, 2.24) is 0 Å². The van der Waals surface area contributed by atoms with E-state index in [9.17, 15) is 0 Å². The van der Waals surface area contributed by atoms with Crippen LogP contribution in [0.1, 0.15) is 0 Å². The highest BCUT2D eigenvalue weighted by atomic mass is 32.1. The van der Waals surface area contributed by atoms with Crippen LogP contribution < -0.4 is 0 Å². The predicted molar refractivity (Wildman–Crippen MR) is 146 cm³/mol. The van der Waals surface area contributed by atoms with Gasteiger partial charge in [0.25, 0.3) is 0 Å². The van der Waals surface area contributed by atoms with Gasteiger partial charge in [-0.2, -0.15) is 0 Å². The molecule has 0 radical (unpaired) electrons. The second-order valence-electron chi connectivity index (χ2n) is 8.95. The van der Waals surface area contributed by atoms with Crippen LogP contribution >= 0.6 is 11.3 Å². The van der Waals surface area contributed by atoms with Gasteiger partial charge in [0.1, 0.15) is 0 Å². The maximum absolute atomic E-state index is 2.36. The number of thiophene rings is 1. The van der Waals surface area contributed by atoms with Gasteiger partial charge >= 0.3 is 0 Å². The van der Waals surface area contributed by atoms with Gasteiger partial charge in [0, 0.05) is 25.7 Å². The lowest BCUT2D eigenvalue weighted by atomic mass is 9.89. The average Bonchev–Trinajstić information content (AvgIpc) is 3.23. The molecule has 0 bridgehead atoms. The highest BCUT2D eigenvalue weighted by Gasteiger charge is 2.15. The van der Waals surface area contributed by atoms with Gasteiger partial charge in [0.05, 0.1) is 0 Å². The van der Waals surface area contributed by atoms with Crippen molar-refractivity contribution >= 4 is 74.6 Å². The summed E-state index contributed by atoms with van der Waals surface area (Å²) in [5, 5.41) is 13.4. The van der Waals surface area contributed by atoms with Crippen LogP contribution in [0.4, 0.5) is 0 Å². The summed E-state index contributed by atoms with van der Waals surface area (Å²) in [5.74, 6) is 0. The first-order valence-electron chi connectivity index (χ1n) is 11.4. The number of benzene rings is 7. The fourth-order valence-corrected chi connectivity index (χ4v) is 6.93. The Morgan fingerprint density at radius 2 is 1.06 bits per heavy atom. The number of fused-ring (bicyclic) bond motifs is 4. The lowest BCUT2D eigenvalue weighted by Crippen LogP contribution is -1.87. The van der Waals surface area contributed by atoms with Gasteiger partial charge in [0.2, 0.25) is 0 Å². The molecule has 1 heteroatoms. The first-order valence-corrected chi connectivity index (χ1v) is 12.2. The molecule has 0 fully saturated rings. The summed E-state index contributed by atoms with van der Waals surface area (Å²) >= 11 is 1.92. The van der Waals surface area contributed by atoms with Crippen molar-refractivity contribution in [3.63, 3.8) is 0 Å². The molecule has 0 saturated heterocycles. The molecular weight excluding hydrogens is 416 g/mol. The quantitative estimate of drug-likeness (QED) is 0.226. The maximum atomic E-state index is 2.36. The van der Waals surface area contributed by atoms with Crippen LogP contribution in [-0.4, -0.2) is 0 Å². The Morgan fingerprint density at radius 3 is 1.91 bits per heavy atom. The van der Waals surface area contributed by atoms with Gasteiger partial charge in [0.15, 0.2) is 0 Å². The molecule has 0 atom stereocenters. The molecule has 0 nitrogen and oxygen atoms in total. The second-order valence-corrected chi connectivity index (χ2v) is 10.0. The summed E-state index contributed by atoms with van der Waals surface area (Å²) < 4.78 is 2.73. The largest absolute Gasteiger partial charge is 0.135 e. The molecule has 0 unspecified atom stereocenters. The molecular formula is C32H18S. The van der Waals surface area contributed by atoms with Crippen molar-refractivity contribution in [3.05, 3.63) is 109 Å². The molecule has 7 aromatic carbocycles. The summed E-state index contributed by atoms with van der Waals surface area (Å²) in [5.41, 5.74) is 2.65. The van der Waals surface area contributed by atoms with E-state index in [4.69, 9.17) is 0 Å². The number of rotatable bonds is 1.